The van der Waals surface area contributed by atoms with E-state index in [1.807, 2.05) is 29.1 Å². The topological polar surface area (TPSA) is 47.1 Å². The first-order valence-corrected chi connectivity index (χ1v) is 6.83. The van der Waals surface area contributed by atoms with E-state index in [0.717, 1.165) is 30.9 Å². The maximum atomic E-state index is 6.05. The summed E-state index contributed by atoms with van der Waals surface area (Å²) < 4.78 is 1.93. The van der Waals surface area contributed by atoms with Crippen LogP contribution in [-0.2, 0) is 6.54 Å². The third-order valence-electron chi connectivity index (χ3n) is 3.98. The molecular weight excluding hydrogens is 236 g/mol. The molecule has 1 aromatic carbocycles. The number of aromatic nitrogens is 2. The lowest BCUT2D eigenvalue weighted by Crippen LogP contribution is -2.36. The molecule has 0 spiro atoms. The number of para-hydroxylation sites is 1. The van der Waals surface area contributed by atoms with E-state index in [9.17, 15) is 0 Å². The maximum absolute atomic E-state index is 6.05. The Kier molecular flexibility index (Phi) is 3.36. The molecule has 1 aliphatic rings. The van der Waals surface area contributed by atoms with Crippen molar-refractivity contribution in [2.24, 2.45) is 5.73 Å². The summed E-state index contributed by atoms with van der Waals surface area (Å²) in [5, 5.41) is 4.64. The minimum absolute atomic E-state index is 0.302. The van der Waals surface area contributed by atoms with Crippen LogP contribution in [0.1, 0.15) is 19.0 Å². The molecule has 2 heterocycles. The lowest BCUT2D eigenvalue weighted by molar-refractivity contribution is 0.248. The Morgan fingerprint density at radius 3 is 2.74 bits per heavy atom. The minimum atomic E-state index is 0.302. The third-order valence-corrected chi connectivity index (χ3v) is 3.98. The minimum Gasteiger partial charge on any atom is -0.326 e. The van der Waals surface area contributed by atoms with E-state index in [0.29, 0.717) is 12.1 Å². The fourth-order valence-electron chi connectivity index (χ4n) is 2.63. The van der Waals surface area contributed by atoms with Crippen molar-refractivity contribution < 1.29 is 0 Å². The first kappa shape index (κ1) is 12.4. The number of benzene rings is 1. The van der Waals surface area contributed by atoms with Crippen LogP contribution in [0, 0.1) is 0 Å². The molecule has 19 heavy (non-hydrogen) atoms. The monoisotopic (exact) mass is 256 g/mol. The summed E-state index contributed by atoms with van der Waals surface area (Å²) in [5.41, 5.74) is 8.25. The predicted octanol–water partition coefficient (Wildman–Crippen LogP) is 1.79. The molecule has 1 aliphatic heterocycles. The quantitative estimate of drug-likeness (QED) is 0.911. The summed E-state index contributed by atoms with van der Waals surface area (Å²) in [7, 11) is 0. The Morgan fingerprint density at radius 2 is 2.05 bits per heavy atom. The van der Waals surface area contributed by atoms with E-state index in [1.54, 1.807) is 0 Å². The van der Waals surface area contributed by atoms with Crippen LogP contribution < -0.4 is 5.73 Å². The van der Waals surface area contributed by atoms with Gasteiger partial charge in [0.25, 0.3) is 0 Å². The van der Waals surface area contributed by atoms with E-state index < -0.39 is 0 Å². The van der Waals surface area contributed by atoms with E-state index in [4.69, 9.17) is 5.73 Å². The van der Waals surface area contributed by atoms with Crippen molar-refractivity contribution in [1.82, 2.24) is 14.7 Å². The molecule has 1 fully saturated rings. The lowest BCUT2D eigenvalue weighted by atomic mass is 10.2. The molecule has 2 unspecified atom stereocenters. The normalized spacial score (nSPS) is 23.9. The van der Waals surface area contributed by atoms with Gasteiger partial charge in [0.1, 0.15) is 0 Å². The molecular formula is C15H20N4. The van der Waals surface area contributed by atoms with Crippen molar-refractivity contribution in [2.75, 3.05) is 6.54 Å². The maximum Gasteiger partial charge on any atom is 0.0769 e. The second kappa shape index (κ2) is 5.15. The highest BCUT2D eigenvalue weighted by molar-refractivity contribution is 5.30. The molecule has 1 saturated heterocycles. The van der Waals surface area contributed by atoms with Gasteiger partial charge >= 0.3 is 0 Å². The summed E-state index contributed by atoms with van der Waals surface area (Å²) >= 11 is 0. The van der Waals surface area contributed by atoms with Crippen molar-refractivity contribution in [3.05, 3.63) is 48.3 Å². The van der Waals surface area contributed by atoms with Crippen LogP contribution in [0.5, 0.6) is 0 Å². The van der Waals surface area contributed by atoms with E-state index in [2.05, 4.69) is 35.1 Å². The Balaban J connectivity index is 1.72. The summed E-state index contributed by atoms with van der Waals surface area (Å²) in [5.74, 6) is 0. The standard InChI is InChI=1S/C15H20N4/c1-12-15(16)8-9-18(12)11-13-7-10-19(17-13)14-5-3-2-4-6-14/h2-7,10,12,15H,8-9,11,16H2,1H3. The molecule has 4 nitrogen and oxygen atoms in total. The number of hydrogen-bond acceptors (Lipinski definition) is 3. The second-order valence-corrected chi connectivity index (χ2v) is 5.25. The molecule has 0 amide bonds. The summed E-state index contributed by atoms with van der Waals surface area (Å²) in [4.78, 5) is 2.41. The van der Waals surface area contributed by atoms with Gasteiger partial charge in [-0.3, -0.25) is 4.90 Å². The molecule has 4 heteroatoms. The Labute approximate surface area is 113 Å². The zero-order valence-corrected chi connectivity index (χ0v) is 11.2. The van der Waals surface area contributed by atoms with Crippen LogP contribution in [0.25, 0.3) is 5.69 Å². The number of nitrogens with two attached hydrogens (primary N) is 1. The zero-order valence-electron chi connectivity index (χ0n) is 11.2. The lowest BCUT2D eigenvalue weighted by Gasteiger charge is -2.21. The van der Waals surface area contributed by atoms with Gasteiger partial charge < -0.3 is 5.73 Å². The van der Waals surface area contributed by atoms with Gasteiger partial charge in [-0.2, -0.15) is 5.10 Å². The Morgan fingerprint density at radius 1 is 1.26 bits per heavy atom. The van der Waals surface area contributed by atoms with Crippen molar-refractivity contribution in [3.8, 4) is 5.69 Å². The van der Waals surface area contributed by atoms with Crippen LogP contribution >= 0.6 is 0 Å². The third kappa shape index (κ3) is 2.55. The first-order chi connectivity index (χ1) is 9.24. The average molecular weight is 256 g/mol. The molecule has 100 valence electrons. The smallest absolute Gasteiger partial charge is 0.0769 e. The van der Waals surface area contributed by atoms with Crippen LogP contribution in [0.4, 0.5) is 0 Å². The zero-order chi connectivity index (χ0) is 13.2. The van der Waals surface area contributed by atoms with Crippen LogP contribution in [0.2, 0.25) is 0 Å². The largest absolute Gasteiger partial charge is 0.326 e. The van der Waals surface area contributed by atoms with Crippen molar-refractivity contribution >= 4 is 0 Å². The first-order valence-electron chi connectivity index (χ1n) is 6.83. The molecule has 0 bridgehead atoms. The number of hydrogen-bond donors (Lipinski definition) is 1. The van der Waals surface area contributed by atoms with Gasteiger partial charge in [0.15, 0.2) is 0 Å². The van der Waals surface area contributed by atoms with Gasteiger partial charge in [-0.25, -0.2) is 4.68 Å². The van der Waals surface area contributed by atoms with E-state index in [-0.39, 0.29) is 0 Å². The van der Waals surface area contributed by atoms with Crippen molar-refractivity contribution in [3.63, 3.8) is 0 Å². The van der Waals surface area contributed by atoms with Gasteiger partial charge in [0.05, 0.1) is 11.4 Å². The number of nitrogens with zero attached hydrogens (tertiary/aromatic N) is 3. The molecule has 3 rings (SSSR count). The summed E-state index contributed by atoms with van der Waals surface area (Å²) in [6, 6.07) is 13.0. The van der Waals surface area contributed by atoms with Crippen molar-refractivity contribution in [2.45, 2.75) is 32.0 Å². The fourth-order valence-corrected chi connectivity index (χ4v) is 2.63. The van der Waals surface area contributed by atoms with Gasteiger partial charge in [0, 0.05) is 31.4 Å². The van der Waals surface area contributed by atoms with Gasteiger partial charge in [0.2, 0.25) is 0 Å². The van der Waals surface area contributed by atoms with E-state index >= 15 is 0 Å². The average Bonchev–Trinajstić information content (AvgIpc) is 3.02. The number of rotatable bonds is 3. The van der Waals surface area contributed by atoms with Gasteiger partial charge in [-0.1, -0.05) is 18.2 Å². The molecule has 0 aliphatic carbocycles. The van der Waals surface area contributed by atoms with Crippen LogP contribution in [-0.4, -0.2) is 33.3 Å². The highest BCUT2D eigenvalue weighted by atomic mass is 15.3. The number of likely N-dealkylation sites (tertiary alicyclic amines) is 1. The molecule has 2 aromatic rings. The fraction of sp³-hybridized carbons (Fsp3) is 0.400. The SMILES string of the molecule is CC1C(N)CCN1Cc1ccn(-c2ccccc2)n1. The molecule has 0 saturated carbocycles. The summed E-state index contributed by atoms with van der Waals surface area (Å²) in [6.07, 6.45) is 3.10. The molecule has 0 radical (unpaired) electrons. The molecule has 2 N–H and O–H groups in total. The van der Waals surface area contributed by atoms with Gasteiger partial charge in [-0.15, -0.1) is 0 Å². The van der Waals surface area contributed by atoms with Crippen LogP contribution in [0.15, 0.2) is 42.6 Å². The second-order valence-electron chi connectivity index (χ2n) is 5.25. The summed E-state index contributed by atoms with van der Waals surface area (Å²) in [6.45, 7) is 4.15. The predicted molar refractivity (Wildman–Crippen MR) is 76.0 cm³/mol. The van der Waals surface area contributed by atoms with Gasteiger partial charge in [-0.05, 0) is 31.5 Å². The highest BCUT2D eigenvalue weighted by Crippen LogP contribution is 2.18. The van der Waals surface area contributed by atoms with Crippen molar-refractivity contribution in [1.29, 1.82) is 0 Å². The molecule has 2 atom stereocenters. The Bertz CT molecular complexity index is 534. The van der Waals surface area contributed by atoms with E-state index in [1.165, 1.54) is 0 Å². The highest BCUT2D eigenvalue weighted by Gasteiger charge is 2.27. The van der Waals surface area contributed by atoms with Crippen LogP contribution in [0.3, 0.4) is 0 Å². The Hall–Kier alpha value is -1.65. The molecule has 1 aromatic heterocycles.